The van der Waals surface area contributed by atoms with E-state index in [2.05, 4.69) is 5.32 Å². The number of hydrogen-bond acceptors (Lipinski definition) is 1. The minimum atomic E-state index is -0.605. The Bertz CT molecular complexity index is 745. The monoisotopic (exact) mass is 334 g/mol. The fraction of sp³-hybridized carbons (Fsp3) is 0.421. The first-order valence-electron chi connectivity index (χ1n) is 8.17. The Morgan fingerprint density at radius 2 is 1.75 bits per heavy atom. The van der Waals surface area contributed by atoms with Crippen LogP contribution in [0.2, 0.25) is 0 Å². The van der Waals surface area contributed by atoms with Gasteiger partial charge in [-0.05, 0) is 57.4 Å². The van der Waals surface area contributed by atoms with Crippen LogP contribution < -0.4 is 5.32 Å². The van der Waals surface area contributed by atoms with Crippen molar-refractivity contribution < 1.29 is 13.6 Å². The predicted octanol–water partition coefficient (Wildman–Crippen LogP) is 4.27. The fourth-order valence-corrected chi connectivity index (χ4v) is 2.75. The second-order valence-corrected chi connectivity index (χ2v) is 6.25. The van der Waals surface area contributed by atoms with Gasteiger partial charge in [0, 0.05) is 17.3 Å². The first-order valence-corrected chi connectivity index (χ1v) is 8.17. The van der Waals surface area contributed by atoms with Gasteiger partial charge in [0.05, 0.1) is 6.54 Å². The molecule has 1 aromatic heterocycles. The van der Waals surface area contributed by atoms with Crippen LogP contribution >= 0.6 is 0 Å². The summed E-state index contributed by atoms with van der Waals surface area (Å²) in [7, 11) is 0. The second-order valence-electron chi connectivity index (χ2n) is 6.25. The molecular weight excluding hydrogens is 310 g/mol. The lowest BCUT2D eigenvalue weighted by molar-refractivity contribution is 0.0929. The number of hydrogen-bond donors (Lipinski definition) is 1. The van der Waals surface area contributed by atoms with E-state index in [4.69, 9.17) is 0 Å². The van der Waals surface area contributed by atoms with E-state index in [1.54, 1.807) is 4.57 Å². The number of aromatic nitrogens is 1. The highest BCUT2D eigenvalue weighted by atomic mass is 19.1. The molecular formula is C19H24F2N2O. The summed E-state index contributed by atoms with van der Waals surface area (Å²) in [6.45, 7) is 9.54. The number of halogens is 2. The molecule has 1 amide bonds. The molecule has 1 unspecified atom stereocenters. The first-order chi connectivity index (χ1) is 11.3. The molecule has 1 aromatic carbocycles. The van der Waals surface area contributed by atoms with Gasteiger partial charge in [-0.15, -0.1) is 0 Å². The molecule has 0 radical (unpaired) electrons. The molecule has 0 aliphatic carbocycles. The molecule has 0 fully saturated rings. The lowest BCUT2D eigenvalue weighted by atomic mass is 10.1. The molecule has 0 saturated heterocycles. The third-order valence-electron chi connectivity index (χ3n) is 4.72. The van der Waals surface area contributed by atoms with Crippen molar-refractivity contribution in [3.8, 4) is 0 Å². The highest BCUT2D eigenvalue weighted by Gasteiger charge is 2.23. The van der Waals surface area contributed by atoms with Crippen LogP contribution in [-0.2, 0) is 6.54 Å². The summed E-state index contributed by atoms with van der Waals surface area (Å²) in [4.78, 5) is 12.7. The van der Waals surface area contributed by atoms with Crippen molar-refractivity contribution in [2.45, 2.75) is 53.6 Å². The highest BCUT2D eigenvalue weighted by molar-refractivity contribution is 5.95. The van der Waals surface area contributed by atoms with Crippen LogP contribution in [-0.4, -0.2) is 16.5 Å². The maximum atomic E-state index is 14.0. The van der Waals surface area contributed by atoms with Crippen LogP contribution in [0, 0.1) is 32.4 Å². The molecule has 1 atom stereocenters. The number of nitrogens with one attached hydrogen (secondary N) is 1. The third-order valence-corrected chi connectivity index (χ3v) is 4.72. The van der Waals surface area contributed by atoms with E-state index in [1.165, 1.54) is 18.2 Å². The summed E-state index contributed by atoms with van der Waals surface area (Å²) in [5.41, 5.74) is 3.07. The third kappa shape index (κ3) is 3.35. The van der Waals surface area contributed by atoms with Gasteiger partial charge in [0.15, 0.2) is 0 Å². The van der Waals surface area contributed by atoms with Crippen molar-refractivity contribution in [2.24, 2.45) is 0 Å². The van der Waals surface area contributed by atoms with Gasteiger partial charge in [-0.3, -0.25) is 4.79 Å². The predicted molar refractivity (Wildman–Crippen MR) is 91.3 cm³/mol. The molecule has 0 aliphatic rings. The van der Waals surface area contributed by atoms with Crippen LogP contribution in [0.4, 0.5) is 8.78 Å². The minimum absolute atomic E-state index is 0.0116. The number of rotatable bonds is 5. The molecule has 3 nitrogen and oxygen atoms in total. The van der Waals surface area contributed by atoms with Crippen LogP contribution in [0.1, 0.15) is 53.1 Å². The average molecular weight is 334 g/mol. The van der Waals surface area contributed by atoms with E-state index in [0.717, 1.165) is 23.2 Å². The topological polar surface area (TPSA) is 34.0 Å². The molecule has 2 aromatic rings. The lowest BCUT2D eigenvalue weighted by Crippen LogP contribution is -2.34. The standard InChI is InChI=1S/C19H24F2N2O/c1-6-11(2)22-19(24)18-13(4)12(3)14(5)23(18)10-15-16(20)8-7-9-17(15)21/h7-9,11H,6,10H2,1-5H3,(H,22,24). The molecule has 5 heteroatoms. The van der Waals surface area contributed by atoms with Gasteiger partial charge in [-0.2, -0.15) is 0 Å². The minimum Gasteiger partial charge on any atom is -0.348 e. The van der Waals surface area contributed by atoms with E-state index in [1.807, 2.05) is 34.6 Å². The van der Waals surface area contributed by atoms with Crippen molar-refractivity contribution in [1.29, 1.82) is 0 Å². The van der Waals surface area contributed by atoms with E-state index >= 15 is 0 Å². The van der Waals surface area contributed by atoms with Gasteiger partial charge in [-0.1, -0.05) is 13.0 Å². The summed E-state index contributed by atoms with van der Waals surface area (Å²) in [6, 6.07) is 3.83. The lowest BCUT2D eigenvalue weighted by Gasteiger charge is -2.16. The number of amides is 1. The van der Waals surface area contributed by atoms with E-state index in [9.17, 15) is 13.6 Å². The first kappa shape index (κ1) is 18.2. The average Bonchev–Trinajstić information content (AvgIpc) is 2.75. The van der Waals surface area contributed by atoms with E-state index in [0.29, 0.717) is 5.69 Å². The SMILES string of the molecule is CCC(C)NC(=O)c1c(C)c(C)c(C)n1Cc1c(F)cccc1F. The number of carbonyl (C=O) groups excluding carboxylic acids is 1. The summed E-state index contributed by atoms with van der Waals surface area (Å²) < 4.78 is 29.7. The maximum Gasteiger partial charge on any atom is 0.268 e. The van der Waals surface area contributed by atoms with Gasteiger partial charge in [0.25, 0.3) is 5.91 Å². The zero-order chi connectivity index (χ0) is 18.0. The molecule has 1 heterocycles. The fourth-order valence-electron chi connectivity index (χ4n) is 2.75. The Hall–Kier alpha value is -2.17. The Morgan fingerprint density at radius 3 is 2.29 bits per heavy atom. The van der Waals surface area contributed by atoms with Crippen LogP contribution in [0.15, 0.2) is 18.2 Å². The molecule has 0 aliphatic heterocycles. The van der Waals surface area contributed by atoms with Gasteiger partial charge in [-0.25, -0.2) is 8.78 Å². The summed E-state index contributed by atoms with van der Waals surface area (Å²) >= 11 is 0. The molecule has 2 rings (SSSR count). The molecule has 130 valence electrons. The van der Waals surface area contributed by atoms with Crippen molar-refractivity contribution in [3.63, 3.8) is 0 Å². The Balaban J connectivity index is 2.50. The second kappa shape index (κ2) is 7.16. The number of benzene rings is 1. The van der Waals surface area contributed by atoms with Crippen molar-refractivity contribution in [1.82, 2.24) is 9.88 Å². The van der Waals surface area contributed by atoms with Crippen molar-refractivity contribution in [2.75, 3.05) is 0 Å². The quantitative estimate of drug-likeness (QED) is 0.870. The van der Waals surface area contributed by atoms with Crippen molar-refractivity contribution >= 4 is 5.91 Å². The van der Waals surface area contributed by atoms with E-state index in [-0.39, 0.29) is 24.1 Å². The van der Waals surface area contributed by atoms with Crippen LogP contribution in [0.3, 0.4) is 0 Å². The highest BCUT2D eigenvalue weighted by Crippen LogP contribution is 2.24. The Morgan fingerprint density at radius 1 is 1.17 bits per heavy atom. The van der Waals surface area contributed by atoms with Gasteiger partial charge in [0.1, 0.15) is 17.3 Å². The largest absolute Gasteiger partial charge is 0.348 e. The van der Waals surface area contributed by atoms with Crippen LogP contribution in [0.5, 0.6) is 0 Å². The van der Waals surface area contributed by atoms with Gasteiger partial charge >= 0.3 is 0 Å². The number of nitrogens with zero attached hydrogens (tertiary/aromatic N) is 1. The van der Waals surface area contributed by atoms with Gasteiger partial charge in [0.2, 0.25) is 0 Å². The summed E-state index contributed by atoms with van der Waals surface area (Å²) in [6.07, 6.45) is 0.811. The molecule has 0 spiro atoms. The number of carbonyl (C=O) groups is 1. The molecule has 1 N–H and O–H groups in total. The van der Waals surface area contributed by atoms with Crippen LogP contribution in [0.25, 0.3) is 0 Å². The van der Waals surface area contributed by atoms with E-state index < -0.39 is 11.6 Å². The van der Waals surface area contributed by atoms with Crippen molar-refractivity contribution in [3.05, 3.63) is 57.9 Å². The molecule has 24 heavy (non-hydrogen) atoms. The smallest absolute Gasteiger partial charge is 0.268 e. The zero-order valence-corrected chi connectivity index (χ0v) is 14.8. The summed E-state index contributed by atoms with van der Waals surface area (Å²) in [5, 5.41) is 2.94. The molecule has 0 bridgehead atoms. The molecule has 0 saturated carbocycles. The summed E-state index contributed by atoms with van der Waals surface area (Å²) in [5.74, 6) is -1.42. The zero-order valence-electron chi connectivity index (χ0n) is 14.8. The Labute approximate surface area is 141 Å². The maximum absolute atomic E-state index is 14.0. The van der Waals surface area contributed by atoms with Gasteiger partial charge < -0.3 is 9.88 Å². The Kier molecular flexibility index (Phi) is 5.42. The normalized spacial score (nSPS) is 12.3.